The van der Waals surface area contributed by atoms with Crippen molar-refractivity contribution < 1.29 is 0 Å². The molecule has 2 aromatic rings. The van der Waals surface area contributed by atoms with Gasteiger partial charge in [-0.05, 0) is 29.5 Å². The van der Waals surface area contributed by atoms with Crippen molar-refractivity contribution in [2.75, 3.05) is 0 Å². The first kappa shape index (κ1) is 10.5. The number of rotatable bonds is 3. The van der Waals surface area contributed by atoms with Gasteiger partial charge in [0, 0.05) is 12.6 Å². The Labute approximate surface area is 102 Å². The van der Waals surface area contributed by atoms with Gasteiger partial charge in [-0.1, -0.05) is 54.6 Å². The Morgan fingerprint density at radius 3 is 2.06 bits per heavy atom. The van der Waals surface area contributed by atoms with Crippen LogP contribution in [0, 0.1) is 0 Å². The second-order valence-electron chi connectivity index (χ2n) is 4.74. The average molecular weight is 223 g/mol. The zero-order chi connectivity index (χ0) is 11.5. The zero-order valence-corrected chi connectivity index (χ0v) is 9.89. The molecule has 0 saturated carbocycles. The van der Waals surface area contributed by atoms with Crippen LogP contribution in [-0.4, -0.2) is 6.04 Å². The Hall–Kier alpha value is -1.60. The van der Waals surface area contributed by atoms with Crippen molar-refractivity contribution in [1.29, 1.82) is 0 Å². The summed E-state index contributed by atoms with van der Waals surface area (Å²) in [4.78, 5) is 0. The minimum Gasteiger partial charge on any atom is -0.309 e. The second kappa shape index (κ2) is 4.72. The summed E-state index contributed by atoms with van der Waals surface area (Å²) < 4.78 is 0. The van der Waals surface area contributed by atoms with E-state index in [1.165, 1.54) is 29.5 Å². The lowest BCUT2D eigenvalue weighted by atomic mass is 10.1. The van der Waals surface area contributed by atoms with Crippen LogP contribution < -0.4 is 5.32 Å². The quantitative estimate of drug-likeness (QED) is 0.843. The zero-order valence-electron chi connectivity index (χ0n) is 9.89. The molecule has 3 rings (SSSR count). The topological polar surface area (TPSA) is 12.0 Å². The van der Waals surface area contributed by atoms with Crippen molar-refractivity contribution in [3.8, 4) is 0 Å². The van der Waals surface area contributed by atoms with Crippen molar-refractivity contribution >= 4 is 0 Å². The molecule has 0 spiro atoms. The van der Waals surface area contributed by atoms with Crippen LogP contribution >= 0.6 is 0 Å². The maximum absolute atomic E-state index is 3.64. The third-order valence-corrected chi connectivity index (χ3v) is 3.49. The molecule has 1 nitrogen and oxygen atoms in total. The lowest BCUT2D eigenvalue weighted by Crippen LogP contribution is -2.28. The minimum absolute atomic E-state index is 0.604. The lowest BCUT2D eigenvalue weighted by Gasteiger charge is -2.11. The highest BCUT2D eigenvalue weighted by molar-refractivity contribution is 5.33. The van der Waals surface area contributed by atoms with Gasteiger partial charge in [-0.15, -0.1) is 0 Å². The maximum Gasteiger partial charge on any atom is 0.0208 e. The third-order valence-electron chi connectivity index (χ3n) is 3.49. The number of nitrogens with one attached hydrogen (secondary N) is 1. The Morgan fingerprint density at radius 1 is 0.824 bits per heavy atom. The van der Waals surface area contributed by atoms with Crippen molar-refractivity contribution in [1.82, 2.24) is 5.32 Å². The third kappa shape index (κ3) is 2.40. The Bertz CT molecular complexity index is 465. The first-order chi connectivity index (χ1) is 8.42. The molecule has 0 heterocycles. The standard InChI is InChI=1S/C16H17N/c1-2-6-13(7-3-1)12-17-16-10-14-8-4-5-9-15(14)11-16/h1-9,16-17H,10-12H2. The summed E-state index contributed by atoms with van der Waals surface area (Å²) in [5.41, 5.74) is 4.39. The smallest absolute Gasteiger partial charge is 0.0208 e. The lowest BCUT2D eigenvalue weighted by molar-refractivity contribution is 0.533. The summed E-state index contributed by atoms with van der Waals surface area (Å²) in [6.45, 7) is 0.972. The summed E-state index contributed by atoms with van der Waals surface area (Å²) in [6, 6.07) is 20.0. The van der Waals surface area contributed by atoms with E-state index in [2.05, 4.69) is 59.9 Å². The van der Waals surface area contributed by atoms with Crippen LogP contribution in [-0.2, 0) is 19.4 Å². The van der Waals surface area contributed by atoms with Crippen molar-refractivity contribution in [2.45, 2.75) is 25.4 Å². The molecule has 1 aliphatic rings. The molecule has 0 aromatic heterocycles. The number of hydrogen-bond donors (Lipinski definition) is 1. The van der Waals surface area contributed by atoms with E-state index in [-0.39, 0.29) is 0 Å². The number of benzene rings is 2. The van der Waals surface area contributed by atoms with E-state index in [0.717, 1.165) is 6.54 Å². The van der Waals surface area contributed by atoms with Crippen molar-refractivity contribution in [2.24, 2.45) is 0 Å². The van der Waals surface area contributed by atoms with E-state index in [0.29, 0.717) is 6.04 Å². The molecule has 1 N–H and O–H groups in total. The fraction of sp³-hybridized carbons (Fsp3) is 0.250. The van der Waals surface area contributed by atoms with Gasteiger partial charge in [0.2, 0.25) is 0 Å². The van der Waals surface area contributed by atoms with Gasteiger partial charge < -0.3 is 5.32 Å². The molecule has 0 aliphatic heterocycles. The van der Waals surface area contributed by atoms with Gasteiger partial charge in [0.05, 0.1) is 0 Å². The van der Waals surface area contributed by atoms with Crippen molar-refractivity contribution in [3.05, 3.63) is 71.3 Å². The van der Waals surface area contributed by atoms with Crippen LogP contribution in [0.1, 0.15) is 16.7 Å². The highest BCUT2D eigenvalue weighted by Crippen LogP contribution is 2.21. The first-order valence-electron chi connectivity index (χ1n) is 6.26. The van der Waals surface area contributed by atoms with E-state index in [9.17, 15) is 0 Å². The van der Waals surface area contributed by atoms with Crippen LogP contribution in [0.25, 0.3) is 0 Å². The summed E-state index contributed by atoms with van der Waals surface area (Å²) >= 11 is 0. The van der Waals surface area contributed by atoms with Crippen LogP contribution in [0.4, 0.5) is 0 Å². The second-order valence-corrected chi connectivity index (χ2v) is 4.74. The van der Waals surface area contributed by atoms with E-state index in [1.54, 1.807) is 0 Å². The molecule has 0 radical (unpaired) electrons. The molecule has 0 bridgehead atoms. The summed E-state index contributed by atoms with van der Waals surface area (Å²) in [6.07, 6.45) is 2.34. The highest BCUT2D eigenvalue weighted by Gasteiger charge is 2.19. The highest BCUT2D eigenvalue weighted by atomic mass is 14.9. The Kier molecular flexibility index (Phi) is 2.93. The van der Waals surface area contributed by atoms with Gasteiger partial charge in [0.15, 0.2) is 0 Å². The number of fused-ring (bicyclic) bond motifs is 1. The first-order valence-corrected chi connectivity index (χ1v) is 6.26. The summed E-state index contributed by atoms with van der Waals surface area (Å²) in [7, 11) is 0. The van der Waals surface area contributed by atoms with Crippen LogP contribution in [0.3, 0.4) is 0 Å². The molecule has 2 aromatic carbocycles. The van der Waals surface area contributed by atoms with Gasteiger partial charge >= 0.3 is 0 Å². The molecule has 1 aliphatic carbocycles. The monoisotopic (exact) mass is 223 g/mol. The predicted octanol–water partition coefficient (Wildman–Crippen LogP) is 2.94. The normalized spacial score (nSPS) is 14.8. The summed E-state index contributed by atoms with van der Waals surface area (Å²) in [5.74, 6) is 0. The molecule has 0 amide bonds. The van der Waals surface area contributed by atoms with Gasteiger partial charge in [-0.3, -0.25) is 0 Å². The molecular weight excluding hydrogens is 206 g/mol. The van der Waals surface area contributed by atoms with Gasteiger partial charge in [0.1, 0.15) is 0 Å². The van der Waals surface area contributed by atoms with E-state index < -0.39 is 0 Å². The molecule has 0 fully saturated rings. The van der Waals surface area contributed by atoms with Gasteiger partial charge in [-0.25, -0.2) is 0 Å². The fourth-order valence-corrected chi connectivity index (χ4v) is 2.56. The molecule has 0 saturated heterocycles. The molecular formula is C16H17N. The van der Waals surface area contributed by atoms with E-state index in [4.69, 9.17) is 0 Å². The molecule has 1 heteroatoms. The van der Waals surface area contributed by atoms with Gasteiger partial charge in [-0.2, -0.15) is 0 Å². The molecule has 0 unspecified atom stereocenters. The van der Waals surface area contributed by atoms with Crippen LogP contribution in [0.5, 0.6) is 0 Å². The fourth-order valence-electron chi connectivity index (χ4n) is 2.56. The van der Waals surface area contributed by atoms with Crippen LogP contribution in [0.2, 0.25) is 0 Å². The summed E-state index contributed by atoms with van der Waals surface area (Å²) in [5, 5.41) is 3.64. The largest absolute Gasteiger partial charge is 0.309 e. The van der Waals surface area contributed by atoms with Gasteiger partial charge in [0.25, 0.3) is 0 Å². The Morgan fingerprint density at radius 2 is 1.41 bits per heavy atom. The molecule has 0 atom stereocenters. The van der Waals surface area contributed by atoms with E-state index >= 15 is 0 Å². The Balaban J connectivity index is 1.59. The predicted molar refractivity (Wildman–Crippen MR) is 70.9 cm³/mol. The minimum atomic E-state index is 0.604. The number of hydrogen-bond acceptors (Lipinski definition) is 1. The average Bonchev–Trinajstić information content (AvgIpc) is 2.80. The molecule has 86 valence electrons. The van der Waals surface area contributed by atoms with E-state index in [1.807, 2.05) is 0 Å². The van der Waals surface area contributed by atoms with Crippen LogP contribution in [0.15, 0.2) is 54.6 Å². The SMILES string of the molecule is c1ccc(CNC2Cc3ccccc3C2)cc1. The van der Waals surface area contributed by atoms with Crippen molar-refractivity contribution in [3.63, 3.8) is 0 Å². The molecule has 17 heavy (non-hydrogen) atoms. The maximum atomic E-state index is 3.64.